The minimum atomic E-state index is -0.733. The number of esters is 1. The molecule has 1 aliphatic carbocycles. The van der Waals surface area contributed by atoms with Gasteiger partial charge in [-0.2, -0.15) is 0 Å². The van der Waals surface area contributed by atoms with Gasteiger partial charge in [0.25, 0.3) is 5.91 Å². The van der Waals surface area contributed by atoms with Gasteiger partial charge in [-0.15, -0.1) is 11.3 Å². The second kappa shape index (κ2) is 6.84. The van der Waals surface area contributed by atoms with E-state index < -0.39 is 18.5 Å². The van der Waals surface area contributed by atoms with Gasteiger partial charge < -0.3 is 15.8 Å². The van der Waals surface area contributed by atoms with Gasteiger partial charge in [0.15, 0.2) is 6.61 Å². The first-order chi connectivity index (χ1) is 11.6. The molecule has 1 fully saturated rings. The maximum atomic E-state index is 12.4. The summed E-state index contributed by atoms with van der Waals surface area (Å²) in [4.78, 5) is 35.3. The summed E-state index contributed by atoms with van der Waals surface area (Å²) in [6.45, 7) is -0.501. The van der Waals surface area contributed by atoms with Gasteiger partial charge in [-0.3, -0.25) is 9.59 Å². The van der Waals surface area contributed by atoms with Crippen molar-refractivity contribution in [3.05, 3.63) is 41.3 Å². The Bertz CT molecular complexity index is 781. The van der Waals surface area contributed by atoms with Crippen molar-refractivity contribution in [2.45, 2.75) is 12.8 Å². The van der Waals surface area contributed by atoms with Crippen LogP contribution in [0.5, 0.6) is 0 Å². The Morgan fingerprint density at radius 1 is 1.21 bits per heavy atom. The zero-order valence-electron chi connectivity index (χ0n) is 12.8. The normalized spacial score (nSPS) is 13.3. The number of hydrogen-bond acceptors (Lipinski definition) is 5. The third-order valence-corrected chi connectivity index (χ3v) is 4.51. The van der Waals surface area contributed by atoms with Crippen molar-refractivity contribution in [1.82, 2.24) is 0 Å². The second-order valence-electron chi connectivity index (χ2n) is 5.53. The highest BCUT2D eigenvalue weighted by Gasteiger charge is 2.31. The summed E-state index contributed by atoms with van der Waals surface area (Å²) in [5.41, 5.74) is 6.76. The largest absolute Gasteiger partial charge is 0.452 e. The summed E-state index contributed by atoms with van der Waals surface area (Å²) in [5.74, 6) is -1.49. The second-order valence-corrected chi connectivity index (χ2v) is 6.41. The topological polar surface area (TPSA) is 98.5 Å². The van der Waals surface area contributed by atoms with Gasteiger partial charge >= 0.3 is 5.97 Å². The number of anilines is 1. The molecular formula is C17H16N2O4S. The van der Waals surface area contributed by atoms with Crippen LogP contribution in [0, 0.1) is 5.92 Å². The first-order valence-corrected chi connectivity index (χ1v) is 8.37. The van der Waals surface area contributed by atoms with Crippen LogP contribution in [-0.2, 0) is 14.3 Å². The molecular weight excluding hydrogens is 328 g/mol. The Labute approximate surface area is 142 Å². The summed E-state index contributed by atoms with van der Waals surface area (Å²) in [6, 6.07) is 9.30. The van der Waals surface area contributed by atoms with Crippen LogP contribution in [0.2, 0.25) is 0 Å². The van der Waals surface area contributed by atoms with Crippen LogP contribution in [0.1, 0.15) is 23.2 Å². The number of thiophene rings is 1. The van der Waals surface area contributed by atoms with E-state index in [4.69, 9.17) is 10.5 Å². The molecule has 2 aromatic rings. The zero-order chi connectivity index (χ0) is 17.1. The molecule has 0 atom stereocenters. The number of benzene rings is 1. The SMILES string of the molecule is NC(=O)COC(=O)c1c(-c2ccccc2)csc1NC(=O)C1CC1. The van der Waals surface area contributed by atoms with Crippen LogP contribution in [0.4, 0.5) is 5.00 Å². The Morgan fingerprint density at radius 2 is 1.92 bits per heavy atom. The molecule has 0 bridgehead atoms. The average molecular weight is 344 g/mol. The fourth-order valence-corrected chi connectivity index (χ4v) is 3.21. The average Bonchev–Trinajstić information content (AvgIpc) is 3.35. The van der Waals surface area contributed by atoms with Crippen LogP contribution >= 0.6 is 11.3 Å². The summed E-state index contributed by atoms with van der Waals surface area (Å²) >= 11 is 1.26. The lowest BCUT2D eigenvalue weighted by atomic mass is 10.0. The van der Waals surface area contributed by atoms with Gasteiger partial charge in [-0.25, -0.2) is 4.79 Å². The number of nitrogens with one attached hydrogen (secondary N) is 1. The van der Waals surface area contributed by atoms with Crippen molar-refractivity contribution in [3.8, 4) is 11.1 Å². The quantitative estimate of drug-likeness (QED) is 0.786. The zero-order valence-corrected chi connectivity index (χ0v) is 13.6. The summed E-state index contributed by atoms with van der Waals surface area (Å²) in [5, 5.41) is 5.01. The lowest BCUT2D eigenvalue weighted by Crippen LogP contribution is -2.22. The molecule has 0 radical (unpaired) electrons. The molecule has 1 aliphatic rings. The molecule has 6 nitrogen and oxygen atoms in total. The maximum Gasteiger partial charge on any atom is 0.342 e. The van der Waals surface area contributed by atoms with Gasteiger partial charge in [0.2, 0.25) is 5.91 Å². The van der Waals surface area contributed by atoms with Crippen molar-refractivity contribution in [1.29, 1.82) is 0 Å². The van der Waals surface area contributed by atoms with Crippen LogP contribution in [0.25, 0.3) is 11.1 Å². The van der Waals surface area contributed by atoms with Crippen molar-refractivity contribution in [3.63, 3.8) is 0 Å². The van der Waals surface area contributed by atoms with E-state index in [1.54, 1.807) is 5.38 Å². The summed E-state index contributed by atoms with van der Waals surface area (Å²) in [6.07, 6.45) is 1.73. The Balaban J connectivity index is 1.93. The van der Waals surface area contributed by atoms with Crippen LogP contribution < -0.4 is 11.1 Å². The number of rotatable bonds is 6. The first-order valence-electron chi connectivity index (χ1n) is 7.49. The van der Waals surface area contributed by atoms with Crippen molar-refractivity contribution in [2.75, 3.05) is 11.9 Å². The minimum Gasteiger partial charge on any atom is -0.452 e. The maximum absolute atomic E-state index is 12.4. The van der Waals surface area contributed by atoms with E-state index >= 15 is 0 Å². The Hall–Kier alpha value is -2.67. The van der Waals surface area contributed by atoms with E-state index in [-0.39, 0.29) is 17.4 Å². The van der Waals surface area contributed by atoms with Crippen LogP contribution in [-0.4, -0.2) is 24.4 Å². The van der Waals surface area contributed by atoms with E-state index in [1.807, 2.05) is 30.3 Å². The fraction of sp³-hybridized carbons (Fsp3) is 0.235. The molecule has 0 saturated heterocycles. The number of amides is 2. The number of carbonyl (C=O) groups is 3. The minimum absolute atomic E-state index is 0.0155. The first kappa shape index (κ1) is 16.2. The molecule has 1 saturated carbocycles. The Morgan fingerprint density at radius 3 is 2.54 bits per heavy atom. The van der Waals surface area contributed by atoms with E-state index in [0.29, 0.717) is 10.6 Å². The number of ether oxygens (including phenoxy) is 1. The summed E-state index contributed by atoms with van der Waals surface area (Å²) in [7, 11) is 0. The molecule has 7 heteroatoms. The number of nitrogens with two attached hydrogens (primary N) is 1. The van der Waals surface area contributed by atoms with Crippen LogP contribution in [0.15, 0.2) is 35.7 Å². The van der Waals surface area contributed by atoms with Gasteiger partial charge in [0.1, 0.15) is 10.6 Å². The molecule has 0 unspecified atom stereocenters. The standard InChI is InChI=1S/C17H16N2O4S/c18-13(20)8-23-17(22)14-12(10-4-2-1-3-5-10)9-24-16(14)19-15(21)11-6-7-11/h1-5,9,11H,6-8H2,(H2,18,20)(H,19,21). The number of carbonyl (C=O) groups excluding carboxylic acids is 3. The van der Waals surface area contributed by atoms with E-state index in [2.05, 4.69) is 5.32 Å². The van der Waals surface area contributed by atoms with Gasteiger partial charge in [0, 0.05) is 16.9 Å². The molecule has 3 rings (SSSR count). The highest BCUT2D eigenvalue weighted by Crippen LogP contribution is 2.38. The lowest BCUT2D eigenvalue weighted by Gasteiger charge is -2.08. The van der Waals surface area contributed by atoms with Gasteiger partial charge in [-0.1, -0.05) is 30.3 Å². The third-order valence-electron chi connectivity index (χ3n) is 3.61. The smallest absolute Gasteiger partial charge is 0.342 e. The van der Waals surface area contributed by atoms with Crippen molar-refractivity contribution >= 4 is 34.1 Å². The molecule has 1 heterocycles. The Kier molecular flexibility index (Phi) is 4.61. The lowest BCUT2D eigenvalue weighted by molar-refractivity contribution is -0.121. The molecule has 0 aliphatic heterocycles. The summed E-state index contributed by atoms with van der Waals surface area (Å²) < 4.78 is 4.95. The molecule has 1 aromatic heterocycles. The number of hydrogen-bond donors (Lipinski definition) is 2. The van der Waals surface area contributed by atoms with E-state index in [0.717, 1.165) is 18.4 Å². The molecule has 124 valence electrons. The van der Waals surface area contributed by atoms with Gasteiger partial charge in [-0.05, 0) is 18.4 Å². The number of primary amides is 1. The van der Waals surface area contributed by atoms with Crippen molar-refractivity contribution < 1.29 is 19.1 Å². The molecule has 24 heavy (non-hydrogen) atoms. The van der Waals surface area contributed by atoms with Crippen LogP contribution in [0.3, 0.4) is 0 Å². The van der Waals surface area contributed by atoms with E-state index in [1.165, 1.54) is 11.3 Å². The monoisotopic (exact) mass is 344 g/mol. The predicted molar refractivity (Wildman–Crippen MR) is 90.6 cm³/mol. The van der Waals surface area contributed by atoms with Gasteiger partial charge in [0.05, 0.1) is 0 Å². The molecule has 1 aromatic carbocycles. The third kappa shape index (κ3) is 3.62. The molecule has 2 amide bonds. The fourth-order valence-electron chi connectivity index (χ4n) is 2.25. The molecule has 0 spiro atoms. The predicted octanol–water partition coefficient (Wildman–Crippen LogP) is 2.41. The highest BCUT2D eigenvalue weighted by atomic mass is 32.1. The van der Waals surface area contributed by atoms with Crippen molar-refractivity contribution in [2.24, 2.45) is 11.7 Å². The highest BCUT2D eigenvalue weighted by molar-refractivity contribution is 7.15. The molecule has 3 N–H and O–H groups in total. The van der Waals surface area contributed by atoms with E-state index in [9.17, 15) is 14.4 Å².